The van der Waals surface area contributed by atoms with Crippen LogP contribution in [0.1, 0.15) is 15.2 Å². The predicted molar refractivity (Wildman–Crippen MR) is 84.7 cm³/mol. The van der Waals surface area contributed by atoms with Gasteiger partial charge in [-0.05, 0) is 67.4 Å². The molecule has 96 valence electrons. The zero-order valence-electron chi connectivity index (χ0n) is 9.65. The number of ketones is 1. The molecule has 0 fully saturated rings. The predicted octanol–water partition coefficient (Wildman–Crippen LogP) is 4.65. The molecule has 2 heterocycles. The molecule has 0 aliphatic heterocycles. The van der Waals surface area contributed by atoms with Crippen molar-refractivity contribution >= 4 is 60.3 Å². The lowest BCUT2D eigenvalue weighted by Crippen LogP contribution is -2.25. The maximum Gasteiger partial charge on any atom is 0.187 e. The van der Waals surface area contributed by atoms with Gasteiger partial charge in [0.1, 0.15) is 0 Å². The van der Waals surface area contributed by atoms with Gasteiger partial charge in [-0.1, -0.05) is 0 Å². The summed E-state index contributed by atoms with van der Waals surface area (Å²) in [4.78, 5) is 14.9. The van der Waals surface area contributed by atoms with Crippen LogP contribution in [0.25, 0.3) is 0 Å². The number of thiophene rings is 2. The highest BCUT2D eigenvalue weighted by atomic mass is 79.9. The van der Waals surface area contributed by atoms with E-state index in [1.165, 1.54) is 16.9 Å². The largest absolute Gasteiger partial charge is 0.295 e. The van der Waals surface area contributed by atoms with Gasteiger partial charge in [-0.3, -0.25) is 9.69 Å². The van der Waals surface area contributed by atoms with E-state index >= 15 is 0 Å². The Balaban J connectivity index is 1.93. The first kappa shape index (κ1) is 14.4. The fourth-order valence-electron chi connectivity index (χ4n) is 1.61. The van der Waals surface area contributed by atoms with E-state index in [0.29, 0.717) is 6.54 Å². The van der Waals surface area contributed by atoms with Crippen molar-refractivity contribution in [2.24, 2.45) is 0 Å². The second kappa shape index (κ2) is 6.43. The van der Waals surface area contributed by atoms with Gasteiger partial charge >= 0.3 is 0 Å². The topological polar surface area (TPSA) is 20.3 Å². The first-order valence-corrected chi connectivity index (χ1v) is 8.58. The first-order chi connectivity index (χ1) is 8.56. The Hall–Kier alpha value is -0.0100. The van der Waals surface area contributed by atoms with Crippen molar-refractivity contribution in [3.8, 4) is 0 Å². The maximum atomic E-state index is 12.1. The summed E-state index contributed by atoms with van der Waals surface area (Å²) in [5, 5.41) is 4.03. The molecular weight excluding hydrogens is 398 g/mol. The van der Waals surface area contributed by atoms with Gasteiger partial charge in [0.2, 0.25) is 0 Å². The molecule has 2 aromatic heterocycles. The Bertz CT molecular complexity index is 550. The average Bonchev–Trinajstić information content (AvgIpc) is 2.87. The SMILES string of the molecule is CN(CC(=O)c1sccc1Br)Cc1csc(Br)c1. The second-order valence-electron chi connectivity index (χ2n) is 3.95. The zero-order chi connectivity index (χ0) is 13.1. The number of nitrogens with zero attached hydrogens (tertiary/aromatic N) is 1. The summed E-state index contributed by atoms with van der Waals surface area (Å²) in [6, 6.07) is 4.00. The summed E-state index contributed by atoms with van der Waals surface area (Å²) in [6.07, 6.45) is 0. The van der Waals surface area contributed by atoms with Crippen molar-refractivity contribution in [1.29, 1.82) is 0 Å². The smallest absolute Gasteiger partial charge is 0.187 e. The standard InChI is InChI=1S/C12H11Br2NOS2/c1-15(5-8-4-11(14)18-7-8)6-10(16)12-9(13)2-3-17-12/h2-4,7H,5-6H2,1H3. The molecule has 0 N–H and O–H groups in total. The number of likely N-dealkylation sites (N-methyl/N-ethyl adjacent to an activating group) is 1. The summed E-state index contributed by atoms with van der Waals surface area (Å²) in [6.45, 7) is 1.23. The van der Waals surface area contributed by atoms with Crippen molar-refractivity contribution in [3.63, 3.8) is 0 Å². The number of hydrogen-bond donors (Lipinski definition) is 0. The molecule has 0 radical (unpaired) electrons. The molecule has 0 atom stereocenters. The van der Waals surface area contributed by atoms with Crippen LogP contribution in [0.5, 0.6) is 0 Å². The van der Waals surface area contributed by atoms with E-state index in [1.807, 2.05) is 23.4 Å². The summed E-state index contributed by atoms with van der Waals surface area (Å²) < 4.78 is 2.02. The molecule has 0 spiro atoms. The molecule has 2 aromatic rings. The Labute approximate surface area is 131 Å². The Morgan fingerprint density at radius 2 is 2.17 bits per heavy atom. The van der Waals surface area contributed by atoms with Crippen molar-refractivity contribution < 1.29 is 4.79 Å². The minimum Gasteiger partial charge on any atom is -0.295 e. The van der Waals surface area contributed by atoms with Crippen LogP contribution in [0.3, 0.4) is 0 Å². The highest BCUT2D eigenvalue weighted by Gasteiger charge is 2.14. The van der Waals surface area contributed by atoms with Crippen LogP contribution in [0.2, 0.25) is 0 Å². The van der Waals surface area contributed by atoms with Crippen LogP contribution in [0, 0.1) is 0 Å². The zero-order valence-corrected chi connectivity index (χ0v) is 14.5. The maximum absolute atomic E-state index is 12.1. The fraction of sp³-hybridized carbons (Fsp3) is 0.250. The van der Waals surface area contributed by atoms with Crippen LogP contribution in [0.4, 0.5) is 0 Å². The van der Waals surface area contributed by atoms with Gasteiger partial charge in [0.15, 0.2) is 5.78 Å². The highest BCUT2D eigenvalue weighted by molar-refractivity contribution is 9.11. The lowest BCUT2D eigenvalue weighted by Gasteiger charge is -2.14. The molecule has 6 heteroatoms. The highest BCUT2D eigenvalue weighted by Crippen LogP contribution is 2.24. The summed E-state index contributed by atoms with van der Waals surface area (Å²) in [5.41, 5.74) is 1.23. The number of rotatable bonds is 5. The summed E-state index contributed by atoms with van der Waals surface area (Å²) in [7, 11) is 1.96. The minimum absolute atomic E-state index is 0.161. The van der Waals surface area contributed by atoms with E-state index < -0.39 is 0 Å². The van der Waals surface area contributed by atoms with Crippen molar-refractivity contribution in [1.82, 2.24) is 4.90 Å². The van der Waals surface area contributed by atoms with Crippen LogP contribution >= 0.6 is 54.5 Å². The third-order valence-electron chi connectivity index (χ3n) is 2.36. The summed E-state index contributed by atoms with van der Waals surface area (Å²) in [5.74, 6) is 0.161. The van der Waals surface area contributed by atoms with Crippen LogP contribution in [-0.4, -0.2) is 24.3 Å². The summed E-state index contributed by atoms with van der Waals surface area (Å²) >= 11 is 9.98. The number of Topliss-reactive ketones (excluding diaryl/α,β-unsaturated/α-hetero) is 1. The number of carbonyl (C=O) groups is 1. The average molecular weight is 409 g/mol. The van der Waals surface area contributed by atoms with Crippen molar-refractivity contribution in [3.05, 3.63) is 41.6 Å². The van der Waals surface area contributed by atoms with Gasteiger partial charge < -0.3 is 0 Å². The monoisotopic (exact) mass is 407 g/mol. The van der Waals surface area contributed by atoms with E-state index in [2.05, 4.69) is 43.3 Å². The molecule has 0 amide bonds. The van der Waals surface area contributed by atoms with Gasteiger partial charge in [-0.15, -0.1) is 22.7 Å². The normalized spacial score (nSPS) is 11.1. The first-order valence-electron chi connectivity index (χ1n) is 5.24. The Morgan fingerprint density at radius 3 is 2.72 bits per heavy atom. The van der Waals surface area contributed by atoms with E-state index in [4.69, 9.17) is 0 Å². The van der Waals surface area contributed by atoms with E-state index in [9.17, 15) is 4.79 Å². The number of hydrogen-bond acceptors (Lipinski definition) is 4. The third-order valence-corrected chi connectivity index (χ3v) is 5.79. The molecule has 0 bridgehead atoms. The lowest BCUT2D eigenvalue weighted by atomic mass is 10.2. The molecule has 0 aromatic carbocycles. The van der Waals surface area contributed by atoms with Gasteiger partial charge in [-0.25, -0.2) is 0 Å². The van der Waals surface area contributed by atoms with Gasteiger partial charge in [-0.2, -0.15) is 0 Å². The van der Waals surface area contributed by atoms with Gasteiger partial charge in [0.05, 0.1) is 15.2 Å². The van der Waals surface area contributed by atoms with Crippen LogP contribution < -0.4 is 0 Å². The molecule has 0 saturated heterocycles. The van der Waals surface area contributed by atoms with Crippen LogP contribution in [-0.2, 0) is 6.54 Å². The molecular formula is C12H11Br2NOS2. The number of halogens is 2. The third kappa shape index (κ3) is 3.74. The Morgan fingerprint density at radius 1 is 1.39 bits per heavy atom. The second-order valence-corrected chi connectivity index (χ2v) is 8.01. The lowest BCUT2D eigenvalue weighted by molar-refractivity contribution is 0.0946. The van der Waals surface area contributed by atoms with E-state index in [-0.39, 0.29) is 5.78 Å². The molecule has 0 unspecified atom stereocenters. The van der Waals surface area contributed by atoms with E-state index in [1.54, 1.807) is 11.3 Å². The van der Waals surface area contributed by atoms with Gasteiger partial charge in [0, 0.05) is 11.0 Å². The molecule has 18 heavy (non-hydrogen) atoms. The Kier molecular flexibility index (Phi) is 5.14. The van der Waals surface area contributed by atoms with Gasteiger partial charge in [0.25, 0.3) is 0 Å². The molecule has 0 saturated carbocycles. The van der Waals surface area contributed by atoms with Crippen LogP contribution in [0.15, 0.2) is 31.2 Å². The quantitative estimate of drug-likeness (QED) is 0.671. The molecule has 0 aliphatic rings. The number of carbonyl (C=O) groups excluding carboxylic acids is 1. The fourth-order valence-corrected chi connectivity index (χ4v) is 4.33. The molecule has 0 aliphatic carbocycles. The van der Waals surface area contributed by atoms with Crippen molar-refractivity contribution in [2.45, 2.75) is 6.54 Å². The van der Waals surface area contributed by atoms with Crippen molar-refractivity contribution in [2.75, 3.05) is 13.6 Å². The minimum atomic E-state index is 0.161. The molecule has 2 rings (SSSR count). The van der Waals surface area contributed by atoms with E-state index in [0.717, 1.165) is 19.7 Å². The molecule has 2 nitrogen and oxygen atoms in total.